The largest absolute Gasteiger partial charge is 0.494 e. The molecule has 0 amide bonds. The van der Waals surface area contributed by atoms with Crippen LogP contribution in [0, 0.1) is 0 Å². The molecule has 1 N–H and O–H groups in total. The van der Waals surface area contributed by atoms with Crippen molar-refractivity contribution in [3.8, 4) is 5.75 Å². The van der Waals surface area contributed by atoms with Crippen molar-refractivity contribution >= 4 is 11.6 Å². The standard InChI is InChI=1S/C25H32ClNO3/c1-2-29-22-8-5-18(6-9-22)13-20-14-19(7-10-24(20)26)25-16-21(28)15-23(30-25)17-27-11-3-4-12-27/h5-10,14,21,23,25,28H,2-4,11-13,15-17H2,1H3. The van der Waals surface area contributed by atoms with Gasteiger partial charge in [0.2, 0.25) is 0 Å². The molecule has 2 aliphatic heterocycles. The van der Waals surface area contributed by atoms with Crippen LogP contribution in [-0.4, -0.2) is 48.5 Å². The van der Waals surface area contributed by atoms with E-state index in [1.807, 2.05) is 31.2 Å². The molecule has 0 saturated carbocycles. The summed E-state index contributed by atoms with van der Waals surface area (Å²) in [5.74, 6) is 0.884. The SMILES string of the molecule is CCOc1ccc(Cc2cc(C3CC(O)CC(CN4CCCC4)O3)ccc2Cl)cc1. The average molecular weight is 430 g/mol. The predicted octanol–water partition coefficient (Wildman–Crippen LogP) is 5.01. The van der Waals surface area contributed by atoms with E-state index < -0.39 is 0 Å². The summed E-state index contributed by atoms with van der Waals surface area (Å²) in [6.07, 6.45) is 4.34. The molecule has 30 heavy (non-hydrogen) atoms. The number of aliphatic hydroxyl groups excluding tert-OH is 1. The predicted molar refractivity (Wildman–Crippen MR) is 120 cm³/mol. The third-order valence-electron chi connectivity index (χ3n) is 6.11. The van der Waals surface area contributed by atoms with Crippen LogP contribution in [0.25, 0.3) is 0 Å². The molecular weight excluding hydrogens is 398 g/mol. The maximum absolute atomic E-state index is 10.5. The van der Waals surface area contributed by atoms with Crippen LogP contribution in [0.5, 0.6) is 5.75 Å². The minimum atomic E-state index is -0.318. The molecule has 2 heterocycles. The molecule has 0 radical (unpaired) electrons. The van der Waals surface area contributed by atoms with Crippen molar-refractivity contribution in [1.29, 1.82) is 0 Å². The van der Waals surface area contributed by atoms with Crippen molar-refractivity contribution in [3.05, 3.63) is 64.2 Å². The van der Waals surface area contributed by atoms with Crippen molar-refractivity contribution in [2.75, 3.05) is 26.2 Å². The van der Waals surface area contributed by atoms with Crippen LogP contribution >= 0.6 is 11.6 Å². The molecule has 162 valence electrons. The first kappa shape index (κ1) is 21.6. The van der Waals surface area contributed by atoms with E-state index in [1.165, 1.54) is 18.4 Å². The van der Waals surface area contributed by atoms with Crippen LogP contribution in [0.3, 0.4) is 0 Å². The van der Waals surface area contributed by atoms with Gasteiger partial charge in [-0.15, -0.1) is 0 Å². The Kier molecular flexibility index (Phi) is 7.32. The maximum atomic E-state index is 10.5. The summed E-state index contributed by atoms with van der Waals surface area (Å²) in [5.41, 5.74) is 3.37. The lowest BCUT2D eigenvalue weighted by Gasteiger charge is -2.35. The average Bonchev–Trinajstić information content (AvgIpc) is 3.24. The molecule has 2 aliphatic rings. The van der Waals surface area contributed by atoms with Crippen LogP contribution in [0.4, 0.5) is 0 Å². The summed E-state index contributed by atoms with van der Waals surface area (Å²) in [5, 5.41) is 11.2. The van der Waals surface area contributed by atoms with E-state index >= 15 is 0 Å². The van der Waals surface area contributed by atoms with Crippen LogP contribution in [0.2, 0.25) is 5.02 Å². The molecule has 3 unspecified atom stereocenters. The molecule has 0 aliphatic carbocycles. The van der Waals surface area contributed by atoms with Gasteiger partial charge in [-0.2, -0.15) is 0 Å². The van der Waals surface area contributed by atoms with Crippen molar-refractivity contribution in [2.45, 2.75) is 57.3 Å². The normalized spacial score (nSPS) is 24.8. The van der Waals surface area contributed by atoms with Crippen molar-refractivity contribution in [1.82, 2.24) is 4.90 Å². The summed E-state index contributed by atoms with van der Waals surface area (Å²) in [4.78, 5) is 2.46. The zero-order valence-corrected chi connectivity index (χ0v) is 18.5. The Labute approximate surface area is 184 Å². The fourth-order valence-corrected chi connectivity index (χ4v) is 4.78. The van der Waals surface area contributed by atoms with Gasteiger partial charge in [-0.1, -0.05) is 35.9 Å². The van der Waals surface area contributed by atoms with Crippen LogP contribution in [0.1, 0.15) is 55.4 Å². The number of likely N-dealkylation sites (tertiary alicyclic amines) is 1. The molecule has 0 aromatic heterocycles. The van der Waals surface area contributed by atoms with E-state index in [0.717, 1.165) is 54.4 Å². The van der Waals surface area contributed by atoms with Gasteiger partial charge in [-0.25, -0.2) is 0 Å². The second-order valence-electron chi connectivity index (χ2n) is 8.48. The van der Waals surface area contributed by atoms with Crippen molar-refractivity contribution < 1.29 is 14.6 Å². The summed E-state index contributed by atoms with van der Waals surface area (Å²) in [7, 11) is 0. The lowest BCUT2D eigenvalue weighted by Crippen LogP contribution is -2.39. The highest BCUT2D eigenvalue weighted by molar-refractivity contribution is 6.31. The zero-order chi connectivity index (χ0) is 20.9. The van der Waals surface area contributed by atoms with E-state index in [1.54, 1.807) is 0 Å². The van der Waals surface area contributed by atoms with E-state index in [2.05, 4.69) is 23.1 Å². The zero-order valence-electron chi connectivity index (χ0n) is 17.7. The minimum absolute atomic E-state index is 0.0853. The molecular formula is C25H32ClNO3. The Balaban J connectivity index is 1.45. The van der Waals surface area contributed by atoms with Gasteiger partial charge in [0.15, 0.2) is 0 Å². The Morgan fingerprint density at radius 2 is 1.87 bits per heavy atom. The summed E-state index contributed by atoms with van der Waals surface area (Å²) in [6, 6.07) is 14.3. The van der Waals surface area contributed by atoms with Gasteiger partial charge in [-0.3, -0.25) is 0 Å². The van der Waals surface area contributed by atoms with E-state index in [0.29, 0.717) is 13.0 Å². The number of hydrogen-bond donors (Lipinski definition) is 1. The lowest BCUT2D eigenvalue weighted by molar-refractivity contribution is -0.105. The first-order valence-corrected chi connectivity index (χ1v) is 11.5. The van der Waals surface area contributed by atoms with Crippen LogP contribution < -0.4 is 4.74 Å². The van der Waals surface area contributed by atoms with Crippen molar-refractivity contribution in [3.63, 3.8) is 0 Å². The monoisotopic (exact) mass is 429 g/mol. The molecule has 2 fully saturated rings. The molecule has 4 nitrogen and oxygen atoms in total. The minimum Gasteiger partial charge on any atom is -0.494 e. The van der Waals surface area contributed by atoms with Crippen molar-refractivity contribution in [2.24, 2.45) is 0 Å². The third-order valence-corrected chi connectivity index (χ3v) is 6.48. The molecule has 2 aromatic carbocycles. The quantitative estimate of drug-likeness (QED) is 0.672. The van der Waals surface area contributed by atoms with Crippen LogP contribution in [-0.2, 0) is 11.2 Å². The number of ether oxygens (including phenoxy) is 2. The fourth-order valence-electron chi connectivity index (χ4n) is 4.60. The number of benzene rings is 2. The summed E-state index contributed by atoms with van der Waals surface area (Å²) in [6.45, 7) is 5.86. The molecule has 5 heteroatoms. The number of nitrogens with zero attached hydrogens (tertiary/aromatic N) is 1. The number of aliphatic hydroxyl groups is 1. The third kappa shape index (κ3) is 5.55. The van der Waals surface area contributed by atoms with Gasteiger partial charge >= 0.3 is 0 Å². The van der Waals surface area contributed by atoms with Crippen LogP contribution in [0.15, 0.2) is 42.5 Å². The Hall–Kier alpha value is -1.59. The first-order valence-electron chi connectivity index (χ1n) is 11.2. The second-order valence-corrected chi connectivity index (χ2v) is 8.89. The molecule has 4 rings (SSSR count). The van der Waals surface area contributed by atoms with E-state index in [4.69, 9.17) is 21.1 Å². The molecule has 0 bridgehead atoms. The summed E-state index contributed by atoms with van der Waals surface area (Å²) < 4.78 is 12.0. The smallest absolute Gasteiger partial charge is 0.119 e. The molecule has 3 atom stereocenters. The number of rotatable bonds is 7. The van der Waals surface area contributed by atoms with Gasteiger partial charge in [-0.05, 0) is 74.2 Å². The van der Waals surface area contributed by atoms with Gasteiger partial charge in [0.05, 0.1) is 24.9 Å². The lowest BCUT2D eigenvalue weighted by atomic mass is 9.93. The summed E-state index contributed by atoms with van der Waals surface area (Å²) >= 11 is 6.52. The molecule has 2 aromatic rings. The van der Waals surface area contributed by atoms with Gasteiger partial charge in [0.25, 0.3) is 0 Å². The number of hydrogen-bond acceptors (Lipinski definition) is 4. The number of halogens is 1. The second kappa shape index (κ2) is 10.1. The Bertz CT molecular complexity index is 820. The molecule has 2 saturated heterocycles. The van der Waals surface area contributed by atoms with E-state index in [9.17, 15) is 5.11 Å². The molecule has 0 spiro atoms. The van der Waals surface area contributed by atoms with Gasteiger partial charge in [0, 0.05) is 24.4 Å². The van der Waals surface area contributed by atoms with E-state index in [-0.39, 0.29) is 18.3 Å². The maximum Gasteiger partial charge on any atom is 0.119 e. The highest BCUT2D eigenvalue weighted by atomic mass is 35.5. The van der Waals surface area contributed by atoms with Gasteiger partial charge < -0.3 is 19.5 Å². The first-order chi connectivity index (χ1) is 14.6. The highest BCUT2D eigenvalue weighted by Gasteiger charge is 2.31. The Morgan fingerprint density at radius 1 is 1.10 bits per heavy atom. The topological polar surface area (TPSA) is 41.9 Å². The van der Waals surface area contributed by atoms with Gasteiger partial charge in [0.1, 0.15) is 5.75 Å². The fraction of sp³-hybridized carbons (Fsp3) is 0.520. The highest BCUT2D eigenvalue weighted by Crippen LogP contribution is 2.34. The Morgan fingerprint density at radius 3 is 2.60 bits per heavy atom.